The number of benzene rings is 1. The van der Waals surface area contributed by atoms with Gasteiger partial charge in [-0.2, -0.15) is 13.2 Å². The summed E-state index contributed by atoms with van der Waals surface area (Å²) in [6.07, 6.45) is 0.0597. The van der Waals surface area contributed by atoms with Crippen molar-refractivity contribution in [3.8, 4) is 0 Å². The van der Waals surface area contributed by atoms with Crippen LogP contribution in [0.4, 0.5) is 18.9 Å². The van der Waals surface area contributed by atoms with Crippen molar-refractivity contribution in [1.82, 2.24) is 0 Å². The van der Waals surface area contributed by atoms with Crippen LogP contribution in [0.1, 0.15) is 43.7 Å². The predicted molar refractivity (Wildman–Crippen MR) is 82.6 cm³/mol. The molecule has 6 heteroatoms. The molecule has 1 fully saturated rings. The highest BCUT2D eigenvalue weighted by atomic mass is 32.1. The number of halogens is 3. The van der Waals surface area contributed by atoms with Gasteiger partial charge in [0.05, 0.1) is 5.56 Å². The van der Waals surface area contributed by atoms with Crippen molar-refractivity contribution in [3.05, 3.63) is 29.3 Å². The Kier molecular flexibility index (Phi) is 4.76. The number of nitrogens with two attached hydrogens (primary N) is 1. The number of hydrogen-bond donors (Lipinski definition) is 1. The first kappa shape index (κ1) is 16.1. The van der Waals surface area contributed by atoms with Gasteiger partial charge in [0.2, 0.25) is 0 Å². The quantitative estimate of drug-likeness (QED) is 0.848. The molecule has 1 aliphatic rings. The van der Waals surface area contributed by atoms with E-state index in [1.54, 1.807) is 0 Å². The molecule has 2 N–H and O–H groups in total. The fraction of sp³-hybridized carbons (Fsp3) is 0.533. The largest absolute Gasteiger partial charge is 0.417 e. The second kappa shape index (κ2) is 6.22. The van der Waals surface area contributed by atoms with Crippen LogP contribution in [0.15, 0.2) is 18.2 Å². The third kappa shape index (κ3) is 3.48. The Morgan fingerprint density at radius 2 is 1.95 bits per heavy atom. The molecular formula is C15H19F3N2S. The summed E-state index contributed by atoms with van der Waals surface area (Å²) >= 11 is 4.79. The fourth-order valence-corrected chi connectivity index (χ4v) is 3.20. The number of rotatable bonds is 4. The van der Waals surface area contributed by atoms with Gasteiger partial charge in [-0.25, -0.2) is 0 Å². The third-order valence-corrected chi connectivity index (χ3v) is 4.23. The highest BCUT2D eigenvalue weighted by Crippen LogP contribution is 2.35. The normalized spacial score (nSPS) is 16.2. The van der Waals surface area contributed by atoms with Crippen LogP contribution in [-0.4, -0.2) is 17.6 Å². The van der Waals surface area contributed by atoms with Gasteiger partial charge in [-0.05, 0) is 38.0 Å². The summed E-state index contributed by atoms with van der Waals surface area (Å²) in [5.74, 6) is 0. The molecule has 0 aliphatic heterocycles. The molecule has 0 saturated heterocycles. The van der Waals surface area contributed by atoms with Crippen LogP contribution in [0.2, 0.25) is 0 Å². The van der Waals surface area contributed by atoms with Gasteiger partial charge < -0.3 is 10.6 Å². The van der Waals surface area contributed by atoms with Gasteiger partial charge in [-0.1, -0.05) is 25.1 Å². The van der Waals surface area contributed by atoms with E-state index in [1.165, 1.54) is 25.0 Å². The zero-order valence-corrected chi connectivity index (χ0v) is 12.7. The van der Waals surface area contributed by atoms with E-state index < -0.39 is 11.7 Å². The average molecular weight is 316 g/mol. The first-order valence-corrected chi connectivity index (χ1v) is 7.53. The standard InChI is InChI=1S/C15H19F3N2S/c1-2-20(10-5-3-4-6-10)11-7-8-13(15(16,17)18)12(9-11)14(19)21/h7-10H,2-6H2,1H3,(H2,19,21). The summed E-state index contributed by atoms with van der Waals surface area (Å²) in [4.78, 5) is 1.93. The van der Waals surface area contributed by atoms with Crippen LogP contribution in [0.5, 0.6) is 0 Å². The Bertz CT molecular complexity index is 522. The molecular weight excluding hydrogens is 297 g/mol. The van der Waals surface area contributed by atoms with E-state index in [4.69, 9.17) is 18.0 Å². The van der Waals surface area contributed by atoms with Crippen molar-refractivity contribution in [2.24, 2.45) is 5.73 Å². The summed E-state index contributed by atoms with van der Waals surface area (Å²) in [6, 6.07) is 4.48. The Morgan fingerprint density at radius 1 is 1.33 bits per heavy atom. The molecule has 2 rings (SSSR count). The molecule has 0 amide bonds. The summed E-state index contributed by atoms with van der Waals surface area (Å²) in [5.41, 5.74) is 5.40. The van der Waals surface area contributed by atoms with Gasteiger partial charge in [0.15, 0.2) is 0 Å². The topological polar surface area (TPSA) is 29.3 Å². The maximum Gasteiger partial charge on any atom is 0.417 e. The number of thiocarbonyl (C=S) groups is 1. The van der Waals surface area contributed by atoms with E-state index in [9.17, 15) is 13.2 Å². The maximum absolute atomic E-state index is 13.0. The molecule has 0 bridgehead atoms. The van der Waals surface area contributed by atoms with Gasteiger partial charge in [0, 0.05) is 23.8 Å². The average Bonchev–Trinajstić information content (AvgIpc) is 2.92. The van der Waals surface area contributed by atoms with Crippen molar-refractivity contribution < 1.29 is 13.2 Å². The van der Waals surface area contributed by atoms with E-state index in [-0.39, 0.29) is 10.6 Å². The number of alkyl halides is 3. The van der Waals surface area contributed by atoms with E-state index >= 15 is 0 Å². The molecule has 21 heavy (non-hydrogen) atoms. The predicted octanol–water partition coefficient (Wildman–Crippen LogP) is 4.11. The Labute approximate surface area is 128 Å². The van der Waals surface area contributed by atoms with Crippen molar-refractivity contribution in [1.29, 1.82) is 0 Å². The SMILES string of the molecule is CCN(c1ccc(C(F)(F)F)c(C(N)=S)c1)C1CCCC1. The van der Waals surface area contributed by atoms with Gasteiger partial charge in [0.1, 0.15) is 4.99 Å². The van der Waals surface area contributed by atoms with E-state index in [0.29, 0.717) is 6.04 Å². The third-order valence-electron chi connectivity index (χ3n) is 4.01. The molecule has 1 aromatic carbocycles. The van der Waals surface area contributed by atoms with Crippen LogP contribution in [0.3, 0.4) is 0 Å². The number of nitrogens with zero attached hydrogens (tertiary/aromatic N) is 1. The second-order valence-electron chi connectivity index (χ2n) is 5.32. The Hall–Kier alpha value is -1.30. The first-order chi connectivity index (χ1) is 9.84. The molecule has 0 aromatic heterocycles. The van der Waals surface area contributed by atoms with Gasteiger partial charge >= 0.3 is 6.18 Å². The highest BCUT2D eigenvalue weighted by molar-refractivity contribution is 7.80. The van der Waals surface area contributed by atoms with Gasteiger partial charge in [-0.3, -0.25) is 0 Å². The van der Waals surface area contributed by atoms with Gasteiger partial charge in [0.25, 0.3) is 0 Å². The molecule has 1 aliphatic carbocycles. The zero-order chi connectivity index (χ0) is 15.6. The highest BCUT2D eigenvalue weighted by Gasteiger charge is 2.34. The zero-order valence-electron chi connectivity index (χ0n) is 11.9. The van der Waals surface area contributed by atoms with E-state index in [2.05, 4.69) is 4.90 Å². The minimum Gasteiger partial charge on any atom is -0.389 e. The smallest absolute Gasteiger partial charge is 0.389 e. The Balaban J connectivity index is 2.41. The lowest BCUT2D eigenvalue weighted by atomic mass is 10.0. The summed E-state index contributed by atoms with van der Waals surface area (Å²) in [7, 11) is 0. The van der Waals surface area contributed by atoms with Crippen LogP contribution in [-0.2, 0) is 6.18 Å². The lowest BCUT2D eigenvalue weighted by Gasteiger charge is -2.30. The number of anilines is 1. The first-order valence-electron chi connectivity index (χ1n) is 7.12. The van der Waals surface area contributed by atoms with E-state index in [1.807, 2.05) is 6.92 Å². The maximum atomic E-state index is 13.0. The fourth-order valence-electron chi connectivity index (χ4n) is 3.03. The van der Waals surface area contributed by atoms with Crippen molar-refractivity contribution >= 4 is 22.9 Å². The molecule has 2 nitrogen and oxygen atoms in total. The molecule has 0 radical (unpaired) electrons. The van der Waals surface area contributed by atoms with Crippen LogP contribution < -0.4 is 10.6 Å². The number of hydrogen-bond acceptors (Lipinski definition) is 2. The van der Waals surface area contributed by atoms with Crippen LogP contribution in [0.25, 0.3) is 0 Å². The van der Waals surface area contributed by atoms with Crippen molar-refractivity contribution in [3.63, 3.8) is 0 Å². The molecule has 1 aromatic rings. The Morgan fingerprint density at radius 3 is 2.43 bits per heavy atom. The molecule has 0 spiro atoms. The van der Waals surface area contributed by atoms with Crippen molar-refractivity contribution in [2.45, 2.75) is 44.8 Å². The molecule has 0 atom stereocenters. The summed E-state index contributed by atoms with van der Waals surface area (Å²) in [5, 5.41) is 0. The summed E-state index contributed by atoms with van der Waals surface area (Å²) in [6.45, 7) is 2.77. The lowest BCUT2D eigenvalue weighted by Crippen LogP contribution is -2.33. The molecule has 0 unspecified atom stereocenters. The van der Waals surface area contributed by atoms with Gasteiger partial charge in [-0.15, -0.1) is 0 Å². The van der Waals surface area contributed by atoms with Crippen molar-refractivity contribution in [2.75, 3.05) is 11.4 Å². The second-order valence-corrected chi connectivity index (χ2v) is 5.76. The summed E-state index contributed by atoms with van der Waals surface area (Å²) < 4.78 is 39.0. The van der Waals surface area contributed by atoms with Crippen LogP contribution >= 0.6 is 12.2 Å². The molecule has 1 saturated carbocycles. The van der Waals surface area contributed by atoms with E-state index in [0.717, 1.165) is 31.1 Å². The van der Waals surface area contributed by atoms with Crippen LogP contribution in [0, 0.1) is 0 Å². The monoisotopic (exact) mass is 316 g/mol. The molecule has 116 valence electrons. The minimum atomic E-state index is -4.44. The lowest BCUT2D eigenvalue weighted by molar-refractivity contribution is -0.137. The minimum absolute atomic E-state index is 0.0913. The molecule has 0 heterocycles.